The van der Waals surface area contributed by atoms with Crippen molar-refractivity contribution in [2.75, 3.05) is 18.4 Å². The molecule has 1 aromatic heterocycles. The topological polar surface area (TPSA) is 78.1 Å². The van der Waals surface area contributed by atoms with Gasteiger partial charge in [-0.25, -0.2) is 4.98 Å². The summed E-state index contributed by atoms with van der Waals surface area (Å²) in [6.07, 6.45) is 6.65. The molecule has 1 aliphatic rings. The smallest absolute Gasteiger partial charge is 0.224 e. The fourth-order valence-electron chi connectivity index (χ4n) is 4.11. The van der Waals surface area contributed by atoms with E-state index < -0.39 is 0 Å². The van der Waals surface area contributed by atoms with Crippen molar-refractivity contribution in [2.24, 2.45) is 0 Å². The van der Waals surface area contributed by atoms with Crippen LogP contribution in [0.5, 0.6) is 0 Å². The van der Waals surface area contributed by atoms with E-state index in [1.807, 2.05) is 47.4 Å². The first kappa shape index (κ1) is 21.1. The molecular formula is C25H30N4O2. The van der Waals surface area contributed by atoms with E-state index >= 15 is 0 Å². The Morgan fingerprint density at radius 2 is 1.74 bits per heavy atom. The lowest BCUT2D eigenvalue weighted by molar-refractivity contribution is -0.132. The van der Waals surface area contributed by atoms with Crippen LogP contribution in [0.15, 0.2) is 48.5 Å². The second kappa shape index (κ2) is 10.2. The highest BCUT2D eigenvalue weighted by Gasteiger charge is 2.16. The first-order valence-corrected chi connectivity index (χ1v) is 11.3. The number of aryl methyl sites for hydroxylation is 2. The van der Waals surface area contributed by atoms with Gasteiger partial charge in [0.25, 0.3) is 0 Å². The predicted molar refractivity (Wildman–Crippen MR) is 123 cm³/mol. The minimum Gasteiger partial charge on any atom is -0.343 e. The summed E-state index contributed by atoms with van der Waals surface area (Å²) < 4.78 is 0. The van der Waals surface area contributed by atoms with Crippen LogP contribution >= 0.6 is 0 Å². The number of amides is 2. The zero-order valence-electron chi connectivity index (χ0n) is 17.9. The van der Waals surface area contributed by atoms with E-state index in [9.17, 15) is 9.59 Å². The van der Waals surface area contributed by atoms with Gasteiger partial charge in [-0.2, -0.15) is 0 Å². The molecule has 0 aliphatic carbocycles. The number of para-hydroxylation sites is 2. The summed E-state index contributed by atoms with van der Waals surface area (Å²) in [4.78, 5) is 34.6. The van der Waals surface area contributed by atoms with E-state index in [1.54, 1.807) is 0 Å². The number of rotatable bonds is 7. The molecule has 2 N–H and O–H groups in total. The molecule has 0 unspecified atom stereocenters. The quantitative estimate of drug-likeness (QED) is 0.594. The standard InChI is InChI=1S/C25H30N4O2/c30-24(14-15-25(31)29-16-5-1-2-6-17-29)26-20-9-7-8-19(18-20)12-13-23-27-21-10-3-4-11-22(21)28-23/h3-4,7-11,18H,1-2,5-6,12-17H2,(H,26,30)(H,27,28). The number of H-pyrrole nitrogens is 1. The first-order chi connectivity index (χ1) is 15.2. The molecule has 31 heavy (non-hydrogen) atoms. The summed E-state index contributed by atoms with van der Waals surface area (Å²) in [6.45, 7) is 1.65. The number of likely N-dealkylation sites (tertiary alicyclic amines) is 1. The van der Waals surface area contributed by atoms with Crippen molar-refractivity contribution in [1.82, 2.24) is 14.9 Å². The van der Waals surface area contributed by atoms with Gasteiger partial charge in [0.2, 0.25) is 11.8 Å². The maximum atomic E-state index is 12.4. The number of hydrogen-bond acceptors (Lipinski definition) is 3. The number of nitrogens with one attached hydrogen (secondary N) is 2. The molecule has 6 heteroatoms. The average Bonchev–Trinajstić information content (AvgIpc) is 3.00. The van der Waals surface area contributed by atoms with Gasteiger partial charge >= 0.3 is 0 Å². The SMILES string of the molecule is O=C(CCC(=O)N1CCCCCC1)Nc1cccc(CCc2nc3ccccc3[nH]2)c1. The lowest BCUT2D eigenvalue weighted by Crippen LogP contribution is -2.32. The molecule has 0 bridgehead atoms. The number of hydrogen-bond donors (Lipinski definition) is 2. The maximum absolute atomic E-state index is 12.4. The third-order valence-electron chi connectivity index (χ3n) is 5.82. The van der Waals surface area contributed by atoms with Gasteiger partial charge in [0.05, 0.1) is 11.0 Å². The third kappa shape index (κ3) is 5.94. The van der Waals surface area contributed by atoms with Gasteiger partial charge in [-0.15, -0.1) is 0 Å². The summed E-state index contributed by atoms with van der Waals surface area (Å²) in [5.41, 5.74) is 3.94. The molecular weight excluding hydrogens is 388 g/mol. The Kier molecular flexibility index (Phi) is 6.97. The highest BCUT2D eigenvalue weighted by molar-refractivity contribution is 5.93. The van der Waals surface area contributed by atoms with Crippen LogP contribution < -0.4 is 5.32 Å². The van der Waals surface area contributed by atoms with Gasteiger partial charge in [0, 0.05) is 38.0 Å². The molecule has 2 amide bonds. The van der Waals surface area contributed by atoms with Crippen LogP contribution in [-0.2, 0) is 22.4 Å². The summed E-state index contributed by atoms with van der Waals surface area (Å²) in [5, 5.41) is 2.94. The molecule has 1 saturated heterocycles. The van der Waals surface area contributed by atoms with Crippen LogP contribution in [-0.4, -0.2) is 39.8 Å². The van der Waals surface area contributed by atoms with Crippen LogP contribution in [0.4, 0.5) is 5.69 Å². The maximum Gasteiger partial charge on any atom is 0.224 e. The number of imidazole rings is 1. The summed E-state index contributed by atoms with van der Waals surface area (Å²) >= 11 is 0. The van der Waals surface area contributed by atoms with Crippen LogP contribution in [0, 0.1) is 0 Å². The van der Waals surface area contributed by atoms with E-state index in [-0.39, 0.29) is 24.7 Å². The van der Waals surface area contributed by atoms with Crippen LogP contribution in [0.1, 0.15) is 49.9 Å². The van der Waals surface area contributed by atoms with Crippen molar-refractivity contribution in [2.45, 2.75) is 51.4 Å². The van der Waals surface area contributed by atoms with E-state index in [2.05, 4.69) is 21.4 Å². The highest BCUT2D eigenvalue weighted by atomic mass is 16.2. The Hall–Kier alpha value is -3.15. The second-order valence-corrected chi connectivity index (χ2v) is 8.24. The van der Waals surface area contributed by atoms with Gasteiger partial charge < -0.3 is 15.2 Å². The Labute approximate surface area is 183 Å². The Bertz CT molecular complexity index is 1000. The highest BCUT2D eigenvalue weighted by Crippen LogP contribution is 2.16. The van der Waals surface area contributed by atoms with E-state index in [0.29, 0.717) is 0 Å². The number of anilines is 1. The fourth-order valence-corrected chi connectivity index (χ4v) is 4.11. The van der Waals surface area contributed by atoms with Crippen molar-refractivity contribution in [3.05, 3.63) is 59.9 Å². The minimum absolute atomic E-state index is 0.0941. The van der Waals surface area contributed by atoms with Crippen molar-refractivity contribution >= 4 is 28.5 Å². The Morgan fingerprint density at radius 1 is 0.935 bits per heavy atom. The molecule has 6 nitrogen and oxygen atoms in total. The lowest BCUT2D eigenvalue weighted by Gasteiger charge is -2.20. The molecule has 0 spiro atoms. The monoisotopic (exact) mass is 418 g/mol. The molecule has 0 radical (unpaired) electrons. The van der Waals surface area contributed by atoms with Crippen LogP contribution in [0.3, 0.4) is 0 Å². The Morgan fingerprint density at radius 3 is 2.55 bits per heavy atom. The molecule has 0 atom stereocenters. The van der Waals surface area contributed by atoms with Crippen molar-refractivity contribution in [3.8, 4) is 0 Å². The van der Waals surface area contributed by atoms with Gasteiger partial charge in [-0.1, -0.05) is 37.1 Å². The number of aromatic nitrogens is 2. The predicted octanol–water partition coefficient (Wildman–Crippen LogP) is 4.47. The molecule has 162 valence electrons. The fraction of sp³-hybridized carbons (Fsp3) is 0.400. The first-order valence-electron chi connectivity index (χ1n) is 11.3. The molecule has 0 saturated carbocycles. The molecule has 1 aliphatic heterocycles. The molecule has 3 aromatic rings. The molecule has 1 fully saturated rings. The summed E-state index contributed by atoms with van der Waals surface area (Å²) in [7, 11) is 0. The zero-order valence-corrected chi connectivity index (χ0v) is 17.9. The number of nitrogens with zero attached hydrogens (tertiary/aromatic N) is 2. The molecule has 2 heterocycles. The number of carbonyl (C=O) groups excluding carboxylic acids is 2. The second-order valence-electron chi connectivity index (χ2n) is 8.24. The van der Waals surface area contributed by atoms with Gasteiger partial charge in [-0.05, 0) is 49.1 Å². The van der Waals surface area contributed by atoms with E-state index in [4.69, 9.17) is 0 Å². The van der Waals surface area contributed by atoms with Gasteiger partial charge in [0.15, 0.2) is 0 Å². The molecule has 4 rings (SSSR count). The largest absolute Gasteiger partial charge is 0.343 e. The van der Waals surface area contributed by atoms with Crippen LogP contribution in [0.25, 0.3) is 11.0 Å². The minimum atomic E-state index is -0.113. The van der Waals surface area contributed by atoms with Crippen molar-refractivity contribution < 1.29 is 9.59 Å². The summed E-state index contributed by atoms with van der Waals surface area (Å²) in [5.74, 6) is 0.942. The van der Waals surface area contributed by atoms with E-state index in [1.165, 1.54) is 12.8 Å². The number of benzene rings is 2. The van der Waals surface area contributed by atoms with E-state index in [0.717, 1.165) is 66.9 Å². The Balaban J connectivity index is 1.26. The van der Waals surface area contributed by atoms with Crippen molar-refractivity contribution in [1.29, 1.82) is 0 Å². The zero-order chi connectivity index (χ0) is 21.5. The summed E-state index contributed by atoms with van der Waals surface area (Å²) in [6, 6.07) is 15.9. The van der Waals surface area contributed by atoms with Gasteiger partial charge in [-0.3, -0.25) is 9.59 Å². The number of aromatic amines is 1. The van der Waals surface area contributed by atoms with Crippen molar-refractivity contribution in [3.63, 3.8) is 0 Å². The normalized spacial score (nSPS) is 14.4. The van der Waals surface area contributed by atoms with Crippen LogP contribution in [0.2, 0.25) is 0 Å². The third-order valence-corrected chi connectivity index (χ3v) is 5.82. The number of carbonyl (C=O) groups is 2. The average molecular weight is 419 g/mol. The van der Waals surface area contributed by atoms with Gasteiger partial charge in [0.1, 0.15) is 5.82 Å². The number of fused-ring (bicyclic) bond motifs is 1. The molecule has 2 aromatic carbocycles. The lowest BCUT2D eigenvalue weighted by atomic mass is 10.1.